The van der Waals surface area contributed by atoms with Crippen molar-refractivity contribution in [2.75, 3.05) is 35.8 Å². The van der Waals surface area contributed by atoms with Crippen LogP contribution in [0.5, 0.6) is 0 Å². The molecule has 0 aromatic carbocycles. The molecule has 4 atom stereocenters. The number of fused-ring (bicyclic) bond motifs is 2. The molecule has 5 nitrogen and oxygen atoms in total. The minimum absolute atomic E-state index is 0.315. The average molecular weight is 424 g/mol. The fraction of sp³-hybridized carbons (Fsp3) is 0.692. The Morgan fingerprint density at radius 3 is 2.77 bits per heavy atom. The first kappa shape index (κ1) is 22.2. The minimum atomic E-state index is 0.315. The highest BCUT2D eigenvalue weighted by Crippen LogP contribution is 2.61. The monoisotopic (exact) mass is 423 g/mol. The Labute approximate surface area is 188 Å². The van der Waals surface area contributed by atoms with E-state index in [1.807, 2.05) is 0 Å². The summed E-state index contributed by atoms with van der Waals surface area (Å²) >= 11 is 0. The maximum atomic E-state index is 6.16. The van der Waals surface area contributed by atoms with E-state index >= 15 is 0 Å². The van der Waals surface area contributed by atoms with Gasteiger partial charge in [0.2, 0.25) is 0 Å². The topological polar surface area (TPSA) is 58.3 Å². The van der Waals surface area contributed by atoms with Gasteiger partial charge in [0, 0.05) is 13.6 Å². The first-order chi connectivity index (χ1) is 14.7. The molecule has 0 amide bonds. The van der Waals surface area contributed by atoms with Gasteiger partial charge < -0.3 is 15.5 Å². The third kappa shape index (κ3) is 3.74. The lowest BCUT2D eigenvalue weighted by Crippen LogP contribution is -2.45. The SMILES string of the molecule is CC(=CCN1CN(C)c2ncnc(N)c21)CCC1(C)C2=CCCC(C)C2(C)CCC1C. The van der Waals surface area contributed by atoms with E-state index in [2.05, 4.69) is 73.6 Å². The number of rotatable bonds is 5. The van der Waals surface area contributed by atoms with Gasteiger partial charge in [-0.15, -0.1) is 0 Å². The summed E-state index contributed by atoms with van der Waals surface area (Å²) in [5.41, 5.74) is 11.1. The van der Waals surface area contributed by atoms with Gasteiger partial charge in [-0.1, -0.05) is 51.0 Å². The molecule has 31 heavy (non-hydrogen) atoms. The van der Waals surface area contributed by atoms with Crippen molar-refractivity contribution in [3.63, 3.8) is 0 Å². The fourth-order valence-corrected chi connectivity index (χ4v) is 6.38. The van der Waals surface area contributed by atoms with Crippen LogP contribution in [0.2, 0.25) is 0 Å². The zero-order chi connectivity index (χ0) is 22.4. The summed E-state index contributed by atoms with van der Waals surface area (Å²) in [5, 5.41) is 0. The molecule has 1 fully saturated rings. The summed E-state index contributed by atoms with van der Waals surface area (Å²) in [6.45, 7) is 14.0. The molecule has 1 saturated carbocycles. The van der Waals surface area contributed by atoms with Crippen LogP contribution in [0, 0.1) is 22.7 Å². The predicted octanol–water partition coefficient (Wildman–Crippen LogP) is 5.80. The number of hydrogen-bond acceptors (Lipinski definition) is 5. The van der Waals surface area contributed by atoms with Crippen molar-refractivity contribution in [2.24, 2.45) is 22.7 Å². The fourth-order valence-electron chi connectivity index (χ4n) is 6.38. The van der Waals surface area contributed by atoms with Crippen molar-refractivity contribution in [3.05, 3.63) is 29.6 Å². The van der Waals surface area contributed by atoms with Crippen molar-refractivity contribution < 1.29 is 0 Å². The van der Waals surface area contributed by atoms with Gasteiger partial charge in [0.1, 0.15) is 12.0 Å². The average Bonchev–Trinajstić information content (AvgIpc) is 3.07. The summed E-state index contributed by atoms with van der Waals surface area (Å²) in [6.07, 6.45) is 14.3. The van der Waals surface area contributed by atoms with Crippen LogP contribution >= 0.6 is 0 Å². The Balaban J connectivity index is 1.46. The summed E-state index contributed by atoms with van der Waals surface area (Å²) < 4.78 is 0. The Morgan fingerprint density at radius 1 is 1.23 bits per heavy atom. The van der Waals surface area contributed by atoms with Crippen molar-refractivity contribution in [2.45, 2.75) is 73.1 Å². The predicted molar refractivity (Wildman–Crippen MR) is 131 cm³/mol. The van der Waals surface area contributed by atoms with E-state index in [0.717, 1.165) is 43.0 Å². The van der Waals surface area contributed by atoms with Crippen LogP contribution < -0.4 is 15.5 Å². The zero-order valence-corrected chi connectivity index (χ0v) is 20.4. The number of nitrogens with two attached hydrogens (primary N) is 1. The van der Waals surface area contributed by atoms with Gasteiger partial charge >= 0.3 is 0 Å². The van der Waals surface area contributed by atoms with Gasteiger partial charge in [0.05, 0.1) is 6.67 Å². The van der Waals surface area contributed by atoms with E-state index in [1.54, 1.807) is 11.9 Å². The van der Waals surface area contributed by atoms with Crippen LogP contribution in [-0.2, 0) is 0 Å². The molecule has 2 heterocycles. The largest absolute Gasteiger partial charge is 0.382 e. The Bertz CT molecular complexity index is 890. The maximum Gasteiger partial charge on any atom is 0.159 e. The Hall–Kier alpha value is -2.04. The standard InChI is InChI=1S/C26H41N5/c1-18(12-15-31-17-30(6)24-22(31)23(27)28-16-29-24)10-13-25(4)20(3)11-14-26(5)19(2)8-7-9-21(25)26/h9,12,16,19-20H,7-8,10-11,13-15,17H2,1-6H3,(H2,27,28,29). The number of nitrogens with zero attached hydrogens (tertiary/aromatic N) is 4. The summed E-state index contributed by atoms with van der Waals surface area (Å²) in [5.74, 6) is 3.05. The van der Waals surface area contributed by atoms with E-state index in [4.69, 9.17) is 5.73 Å². The van der Waals surface area contributed by atoms with E-state index in [1.165, 1.54) is 37.7 Å². The highest BCUT2D eigenvalue weighted by Gasteiger charge is 2.50. The van der Waals surface area contributed by atoms with E-state index in [0.29, 0.717) is 16.6 Å². The van der Waals surface area contributed by atoms with E-state index < -0.39 is 0 Å². The molecule has 4 rings (SSSR count). The molecule has 5 heteroatoms. The van der Waals surface area contributed by atoms with Crippen LogP contribution in [0.4, 0.5) is 17.3 Å². The number of allylic oxidation sites excluding steroid dienone is 3. The second-order valence-corrected chi connectivity index (χ2v) is 10.9. The molecule has 1 aliphatic heterocycles. The van der Waals surface area contributed by atoms with Crippen LogP contribution in [0.1, 0.15) is 73.1 Å². The third-order valence-electron chi connectivity index (χ3n) is 9.04. The lowest BCUT2D eigenvalue weighted by atomic mass is 9.49. The lowest BCUT2D eigenvalue weighted by Gasteiger charge is -2.56. The highest BCUT2D eigenvalue weighted by atomic mass is 15.4. The Morgan fingerprint density at radius 2 is 2.00 bits per heavy atom. The normalized spacial score (nSPS) is 33.2. The maximum absolute atomic E-state index is 6.16. The second kappa shape index (κ2) is 8.14. The Kier molecular flexibility index (Phi) is 5.82. The number of hydrogen-bond donors (Lipinski definition) is 1. The van der Waals surface area contributed by atoms with Crippen LogP contribution in [0.3, 0.4) is 0 Å². The van der Waals surface area contributed by atoms with E-state index in [-0.39, 0.29) is 0 Å². The van der Waals surface area contributed by atoms with Crippen LogP contribution in [0.25, 0.3) is 0 Å². The van der Waals surface area contributed by atoms with Crippen molar-refractivity contribution in [3.8, 4) is 0 Å². The number of aromatic nitrogens is 2. The molecule has 170 valence electrons. The molecular weight excluding hydrogens is 382 g/mol. The molecule has 2 aliphatic carbocycles. The minimum Gasteiger partial charge on any atom is -0.382 e. The molecule has 0 bridgehead atoms. The molecule has 0 saturated heterocycles. The van der Waals surface area contributed by atoms with Crippen LogP contribution in [-0.4, -0.2) is 30.2 Å². The molecule has 2 N–H and O–H groups in total. The van der Waals surface area contributed by atoms with Gasteiger partial charge in [-0.05, 0) is 68.1 Å². The van der Waals surface area contributed by atoms with Gasteiger partial charge in [-0.25, -0.2) is 9.97 Å². The highest BCUT2D eigenvalue weighted by molar-refractivity contribution is 5.81. The van der Waals surface area contributed by atoms with Crippen molar-refractivity contribution in [1.29, 1.82) is 0 Å². The first-order valence-corrected chi connectivity index (χ1v) is 12.1. The summed E-state index contributed by atoms with van der Waals surface area (Å²) in [7, 11) is 2.06. The van der Waals surface area contributed by atoms with Crippen LogP contribution in [0.15, 0.2) is 29.6 Å². The molecule has 1 aromatic heterocycles. The molecule has 1 aromatic rings. The quantitative estimate of drug-likeness (QED) is 0.607. The van der Waals surface area contributed by atoms with Gasteiger partial charge in [-0.3, -0.25) is 0 Å². The van der Waals surface area contributed by atoms with E-state index in [9.17, 15) is 0 Å². The number of nitrogen functional groups attached to an aromatic ring is 1. The first-order valence-electron chi connectivity index (χ1n) is 12.1. The third-order valence-corrected chi connectivity index (χ3v) is 9.04. The smallest absolute Gasteiger partial charge is 0.159 e. The molecule has 4 unspecified atom stereocenters. The van der Waals surface area contributed by atoms with Crippen molar-refractivity contribution >= 4 is 17.3 Å². The second-order valence-electron chi connectivity index (χ2n) is 10.9. The van der Waals surface area contributed by atoms with Gasteiger partial charge in [0.15, 0.2) is 11.6 Å². The number of anilines is 3. The summed E-state index contributed by atoms with van der Waals surface area (Å²) in [4.78, 5) is 13.0. The van der Waals surface area contributed by atoms with Gasteiger partial charge in [0.25, 0.3) is 0 Å². The van der Waals surface area contributed by atoms with Gasteiger partial charge in [-0.2, -0.15) is 0 Å². The molecule has 0 spiro atoms. The molecule has 3 aliphatic rings. The summed E-state index contributed by atoms with van der Waals surface area (Å²) in [6, 6.07) is 0. The zero-order valence-electron chi connectivity index (χ0n) is 20.4. The molecule has 0 radical (unpaired) electrons. The molecular formula is C26H41N5. The lowest BCUT2D eigenvalue weighted by molar-refractivity contribution is 0.0617. The van der Waals surface area contributed by atoms with Crippen molar-refractivity contribution in [1.82, 2.24) is 9.97 Å².